The number of methoxy groups -OCH3 is 1. The second kappa shape index (κ2) is 9.13. The van der Waals surface area contributed by atoms with Crippen molar-refractivity contribution in [2.75, 3.05) is 43.6 Å². The molecule has 1 atom stereocenters. The van der Waals surface area contributed by atoms with Crippen molar-refractivity contribution in [2.45, 2.75) is 25.3 Å². The monoisotopic (exact) mass is 447 g/mol. The molecular formula is C25H29N5O3. The molecule has 172 valence electrons. The first kappa shape index (κ1) is 21.3. The van der Waals surface area contributed by atoms with E-state index < -0.39 is 0 Å². The molecule has 2 aliphatic heterocycles. The van der Waals surface area contributed by atoms with E-state index in [1.807, 2.05) is 36.4 Å². The van der Waals surface area contributed by atoms with Gasteiger partial charge < -0.3 is 24.4 Å². The molecule has 0 bridgehead atoms. The summed E-state index contributed by atoms with van der Waals surface area (Å²) in [5.41, 5.74) is 3.28. The third-order valence-corrected chi connectivity index (χ3v) is 6.69. The van der Waals surface area contributed by atoms with Gasteiger partial charge >= 0.3 is 6.01 Å². The fraction of sp³-hybridized carbons (Fsp3) is 0.400. The van der Waals surface area contributed by atoms with Crippen molar-refractivity contribution < 1.29 is 14.1 Å². The van der Waals surface area contributed by atoms with E-state index in [-0.39, 0.29) is 17.9 Å². The van der Waals surface area contributed by atoms with Crippen LogP contribution >= 0.6 is 0 Å². The lowest BCUT2D eigenvalue weighted by Crippen LogP contribution is -2.43. The van der Waals surface area contributed by atoms with Gasteiger partial charge in [0.1, 0.15) is 5.75 Å². The van der Waals surface area contributed by atoms with Gasteiger partial charge in [-0.05, 0) is 55.2 Å². The summed E-state index contributed by atoms with van der Waals surface area (Å²) in [5, 5.41) is 7.43. The summed E-state index contributed by atoms with van der Waals surface area (Å²) in [4.78, 5) is 21.9. The van der Waals surface area contributed by atoms with E-state index in [9.17, 15) is 4.79 Å². The number of nitrogens with one attached hydrogen (secondary N) is 1. The van der Waals surface area contributed by atoms with E-state index in [1.165, 1.54) is 11.3 Å². The molecule has 1 saturated heterocycles. The van der Waals surface area contributed by atoms with Crippen LogP contribution in [0.4, 0.5) is 11.7 Å². The number of hydrogen-bond donors (Lipinski definition) is 1. The van der Waals surface area contributed by atoms with Gasteiger partial charge in [0, 0.05) is 43.9 Å². The second-order valence-corrected chi connectivity index (χ2v) is 8.72. The van der Waals surface area contributed by atoms with Crippen molar-refractivity contribution in [3.05, 3.63) is 54.1 Å². The van der Waals surface area contributed by atoms with Gasteiger partial charge in [0.25, 0.3) is 0 Å². The van der Waals surface area contributed by atoms with Gasteiger partial charge in [-0.15, -0.1) is 0 Å². The Morgan fingerprint density at radius 2 is 1.82 bits per heavy atom. The number of carbonyl (C=O) groups excluding carboxylic acids is 1. The van der Waals surface area contributed by atoms with Crippen LogP contribution in [0.2, 0.25) is 0 Å². The predicted octanol–water partition coefficient (Wildman–Crippen LogP) is 3.66. The van der Waals surface area contributed by atoms with Crippen molar-refractivity contribution in [3.8, 4) is 17.1 Å². The number of hydrogen-bond acceptors (Lipinski definition) is 7. The van der Waals surface area contributed by atoms with E-state index in [1.54, 1.807) is 7.11 Å². The molecule has 1 unspecified atom stereocenters. The minimum atomic E-state index is -0.00273. The van der Waals surface area contributed by atoms with E-state index in [0.29, 0.717) is 24.9 Å². The molecule has 2 aromatic carbocycles. The van der Waals surface area contributed by atoms with Gasteiger partial charge in [0.2, 0.25) is 11.7 Å². The number of aromatic nitrogens is 2. The molecule has 33 heavy (non-hydrogen) atoms. The average molecular weight is 448 g/mol. The van der Waals surface area contributed by atoms with Gasteiger partial charge in [-0.1, -0.05) is 23.4 Å². The summed E-state index contributed by atoms with van der Waals surface area (Å²) in [7, 11) is 3.74. The molecule has 3 heterocycles. The van der Waals surface area contributed by atoms with E-state index >= 15 is 0 Å². The number of ether oxygens (including phenoxy) is 1. The van der Waals surface area contributed by atoms with Crippen molar-refractivity contribution >= 4 is 17.6 Å². The van der Waals surface area contributed by atoms with Gasteiger partial charge in [0.15, 0.2) is 0 Å². The number of nitrogens with zero attached hydrogens (tertiary/aromatic N) is 4. The highest BCUT2D eigenvalue weighted by Crippen LogP contribution is 2.33. The minimum Gasteiger partial charge on any atom is -0.497 e. The summed E-state index contributed by atoms with van der Waals surface area (Å²) in [6, 6.07) is 16.5. The zero-order valence-electron chi connectivity index (χ0n) is 19.0. The van der Waals surface area contributed by atoms with Gasteiger partial charge in [-0.3, -0.25) is 4.79 Å². The average Bonchev–Trinajstić information content (AvgIpc) is 3.36. The van der Waals surface area contributed by atoms with Gasteiger partial charge in [0.05, 0.1) is 13.2 Å². The topological polar surface area (TPSA) is 83.7 Å². The molecule has 8 heteroatoms. The first-order chi connectivity index (χ1) is 16.1. The lowest BCUT2D eigenvalue weighted by atomic mass is 9.93. The Morgan fingerprint density at radius 3 is 2.58 bits per heavy atom. The van der Waals surface area contributed by atoms with Crippen LogP contribution in [0, 0.1) is 5.92 Å². The summed E-state index contributed by atoms with van der Waals surface area (Å²) in [6.45, 7) is 2.37. The fourth-order valence-corrected chi connectivity index (χ4v) is 4.70. The summed E-state index contributed by atoms with van der Waals surface area (Å²) >= 11 is 0. The van der Waals surface area contributed by atoms with E-state index in [2.05, 4.69) is 44.4 Å². The maximum absolute atomic E-state index is 13.0. The fourth-order valence-electron chi connectivity index (χ4n) is 4.70. The van der Waals surface area contributed by atoms with Crippen LogP contribution in [0.25, 0.3) is 11.4 Å². The Morgan fingerprint density at radius 1 is 1.06 bits per heavy atom. The number of para-hydroxylation sites is 1. The number of carbonyl (C=O) groups is 1. The number of benzene rings is 2. The molecule has 8 nitrogen and oxygen atoms in total. The molecule has 1 amide bonds. The van der Waals surface area contributed by atoms with Gasteiger partial charge in [-0.25, -0.2) is 0 Å². The number of fused-ring (bicyclic) bond motifs is 1. The number of amides is 1. The number of anilines is 2. The summed E-state index contributed by atoms with van der Waals surface area (Å²) in [6.07, 6.45) is 2.45. The third-order valence-electron chi connectivity index (χ3n) is 6.69. The molecule has 2 aliphatic rings. The van der Waals surface area contributed by atoms with Crippen LogP contribution in [0.3, 0.4) is 0 Å². The van der Waals surface area contributed by atoms with Crippen LogP contribution in [0.15, 0.2) is 53.1 Å². The predicted molar refractivity (Wildman–Crippen MR) is 126 cm³/mol. The van der Waals surface area contributed by atoms with Crippen LogP contribution in [0.5, 0.6) is 5.75 Å². The zero-order chi connectivity index (χ0) is 22.8. The Hall–Kier alpha value is -3.55. The van der Waals surface area contributed by atoms with Crippen LogP contribution in [-0.4, -0.2) is 49.8 Å². The minimum absolute atomic E-state index is 0.00273. The largest absolute Gasteiger partial charge is 0.497 e. The summed E-state index contributed by atoms with van der Waals surface area (Å²) < 4.78 is 10.7. The first-order valence-corrected chi connectivity index (χ1v) is 11.5. The molecule has 5 rings (SSSR count). The molecule has 1 N–H and O–H groups in total. The summed E-state index contributed by atoms with van der Waals surface area (Å²) in [5.74, 6) is 1.47. The van der Waals surface area contributed by atoms with Crippen LogP contribution < -0.4 is 19.9 Å². The lowest BCUT2D eigenvalue weighted by molar-refractivity contribution is -0.126. The Labute approximate surface area is 193 Å². The highest BCUT2D eigenvalue weighted by molar-refractivity contribution is 5.80. The standard InChI is InChI=1S/C25H29N5O3/c1-29-14-13-21(20-5-3-4-6-22(20)29)26-24(31)18-11-15-30(16-12-18)25-27-23(28-33-25)17-7-9-19(32-2)10-8-17/h3-10,18,21H,11-16H2,1-2H3,(H,26,31). The molecule has 0 aliphatic carbocycles. The van der Waals surface area contributed by atoms with Crippen molar-refractivity contribution in [3.63, 3.8) is 0 Å². The molecule has 3 aromatic rings. The highest BCUT2D eigenvalue weighted by Gasteiger charge is 2.31. The quantitative estimate of drug-likeness (QED) is 0.639. The molecule has 1 fully saturated rings. The maximum Gasteiger partial charge on any atom is 0.324 e. The lowest BCUT2D eigenvalue weighted by Gasteiger charge is -2.35. The Balaban J connectivity index is 1.18. The smallest absolute Gasteiger partial charge is 0.324 e. The van der Waals surface area contributed by atoms with E-state index in [0.717, 1.165) is 37.1 Å². The number of piperidine rings is 1. The van der Waals surface area contributed by atoms with Crippen LogP contribution in [0.1, 0.15) is 30.9 Å². The third kappa shape index (κ3) is 4.37. The zero-order valence-corrected chi connectivity index (χ0v) is 19.0. The Kier molecular flexibility index (Phi) is 5.90. The molecule has 0 saturated carbocycles. The van der Waals surface area contributed by atoms with E-state index in [4.69, 9.17) is 9.26 Å². The molecular weight excluding hydrogens is 418 g/mol. The van der Waals surface area contributed by atoms with Crippen molar-refractivity contribution in [1.29, 1.82) is 0 Å². The normalized spacial score (nSPS) is 18.7. The maximum atomic E-state index is 13.0. The molecule has 0 spiro atoms. The van der Waals surface area contributed by atoms with Crippen molar-refractivity contribution in [2.24, 2.45) is 5.92 Å². The van der Waals surface area contributed by atoms with Crippen LogP contribution in [-0.2, 0) is 4.79 Å². The SMILES string of the molecule is COc1ccc(-c2noc(N3CCC(C(=O)NC4CCN(C)c5ccccc54)CC3)n2)cc1. The molecule has 0 radical (unpaired) electrons. The number of rotatable bonds is 5. The molecule has 1 aromatic heterocycles. The Bertz CT molecular complexity index is 1110. The first-order valence-electron chi connectivity index (χ1n) is 11.5. The second-order valence-electron chi connectivity index (χ2n) is 8.72. The van der Waals surface area contributed by atoms with Crippen molar-refractivity contribution in [1.82, 2.24) is 15.5 Å². The van der Waals surface area contributed by atoms with Gasteiger partial charge in [-0.2, -0.15) is 4.98 Å². The highest BCUT2D eigenvalue weighted by atomic mass is 16.5.